The van der Waals surface area contributed by atoms with Gasteiger partial charge in [0.05, 0.1) is 26.9 Å². The van der Waals surface area contributed by atoms with Crippen molar-refractivity contribution in [1.29, 1.82) is 0 Å². The summed E-state index contributed by atoms with van der Waals surface area (Å²) in [7, 11) is -2.17. The van der Waals surface area contributed by atoms with Crippen LogP contribution in [0.1, 0.15) is 71.9 Å². The molecule has 2 atom stereocenters. The molecule has 0 radical (unpaired) electrons. The first-order valence-electron chi connectivity index (χ1n) is 9.00. The number of hydrogen-bond acceptors (Lipinski definition) is 3. The Kier molecular flexibility index (Phi) is 5.80. The lowest BCUT2D eigenvalue weighted by atomic mass is 9.76. The van der Waals surface area contributed by atoms with Gasteiger partial charge in [0.1, 0.15) is 5.82 Å². The Morgan fingerprint density at radius 3 is 2.19 bits per heavy atom. The van der Waals surface area contributed by atoms with E-state index in [-0.39, 0.29) is 11.7 Å². The summed E-state index contributed by atoms with van der Waals surface area (Å²) in [5, 5.41) is 5.59. The summed E-state index contributed by atoms with van der Waals surface area (Å²) < 4.78 is 38.3. The third-order valence-corrected chi connectivity index (χ3v) is 7.09. The van der Waals surface area contributed by atoms with Crippen LogP contribution < -0.4 is 10.6 Å². The first kappa shape index (κ1) is 21.5. The lowest BCUT2D eigenvalue weighted by Gasteiger charge is -2.32. The monoisotopic (exact) mass is 383 g/mol. The average molecular weight is 383 g/mol. The zero-order valence-corrected chi connectivity index (χ0v) is 17.9. The zero-order chi connectivity index (χ0) is 20.1. The highest BCUT2D eigenvalue weighted by Gasteiger charge is 2.52. The molecular formula is C19H31BFNO3S. The van der Waals surface area contributed by atoms with Gasteiger partial charge in [-0.2, -0.15) is 0 Å². The van der Waals surface area contributed by atoms with Crippen molar-refractivity contribution in [2.75, 3.05) is 0 Å². The Hall–Kier alpha value is -0.755. The van der Waals surface area contributed by atoms with Gasteiger partial charge in [0.15, 0.2) is 0 Å². The van der Waals surface area contributed by atoms with Gasteiger partial charge in [-0.3, -0.25) is 5.14 Å². The predicted octanol–water partition coefficient (Wildman–Crippen LogP) is 3.33. The maximum atomic E-state index is 15.1. The number of halogens is 1. The number of benzene rings is 1. The van der Waals surface area contributed by atoms with Crippen LogP contribution in [0.2, 0.25) is 0 Å². The van der Waals surface area contributed by atoms with Crippen molar-refractivity contribution in [3.8, 4) is 0 Å². The molecule has 146 valence electrons. The molecule has 2 rings (SSSR count). The predicted molar refractivity (Wildman–Crippen MR) is 106 cm³/mol. The molecule has 1 fully saturated rings. The van der Waals surface area contributed by atoms with E-state index in [1.807, 2.05) is 54.5 Å². The minimum Gasteiger partial charge on any atom is -0.399 e. The van der Waals surface area contributed by atoms with Gasteiger partial charge in [-0.1, -0.05) is 19.1 Å². The van der Waals surface area contributed by atoms with Gasteiger partial charge in [0, 0.05) is 5.46 Å². The van der Waals surface area contributed by atoms with E-state index in [0.29, 0.717) is 17.4 Å². The molecule has 1 aromatic carbocycles. The lowest BCUT2D eigenvalue weighted by molar-refractivity contribution is 0.00578. The molecule has 1 aromatic rings. The summed E-state index contributed by atoms with van der Waals surface area (Å²) in [6, 6.07) is 3.65. The van der Waals surface area contributed by atoms with Crippen molar-refractivity contribution < 1.29 is 17.9 Å². The molecule has 0 amide bonds. The fraction of sp³-hybridized carbons (Fsp3) is 0.684. The highest BCUT2D eigenvalue weighted by molar-refractivity contribution is 7.84. The van der Waals surface area contributed by atoms with E-state index in [9.17, 15) is 4.21 Å². The van der Waals surface area contributed by atoms with Gasteiger partial charge in [-0.15, -0.1) is 0 Å². The second-order valence-electron chi connectivity index (χ2n) is 8.93. The Labute approximate surface area is 159 Å². The third-order valence-electron chi connectivity index (χ3n) is 5.84. The zero-order valence-electron chi connectivity index (χ0n) is 17.1. The van der Waals surface area contributed by atoms with Crippen molar-refractivity contribution in [3.05, 3.63) is 29.1 Å². The van der Waals surface area contributed by atoms with Gasteiger partial charge < -0.3 is 9.31 Å². The van der Waals surface area contributed by atoms with Crippen LogP contribution in [0, 0.1) is 12.7 Å². The Morgan fingerprint density at radius 1 is 1.23 bits per heavy atom. The second-order valence-corrected chi connectivity index (χ2v) is 10.6. The molecule has 26 heavy (non-hydrogen) atoms. The SMILES string of the molecule is Cc1c([C@H](C)CC(C)(C)S(N)=O)ccc(B2OC(C)(C)C(C)(C)O2)c1F. The first-order chi connectivity index (χ1) is 11.7. The summed E-state index contributed by atoms with van der Waals surface area (Å²) in [6.07, 6.45) is 0.603. The first-order valence-corrected chi connectivity index (χ1v) is 10.2. The fourth-order valence-corrected chi connectivity index (χ4v) is 3.75. The molecule has 1 saturated heterocycles. The average Bonchev–Trinajstić information content (AvgIpc) is 2.69. The molecule has 1 aliphatic heterocycles. The summed E-state index contributed by atoms with van der Waals surface area (Å²) in [6.45, 7) is 15.3. The molecule has 0 spiro atoms. The molecule has 0 aromatic heterocycles. The van der Waals surface area contributed by atoms with Crippen molar-refractivity contribution in [2.45, 2.75) is 83.7 Å². The molecule has 1 aliphatic rings. The van der Waals surface area contributed by atoms with E-state index in [1.165, 1.54) is 0 Å². The second kappa shape index (κ2) is 7.00. The van der Waals surface area contributed by atoms with E-state index < -0.39 is 34.1 Å². The molecule has 4 nitrogen and oxygen atoms in total. The van der Waals surface area contributed by atoms with E-state index in [1.54, 1.807) is 13.0 Å². The summed E-state index contributed by atoms with van der Waals surface area (Å²) in [5.74, 6) is -0.279. The van der Waals surface area contributed by atoms with Crippen LogP contribution >= 0.6 is 0 Å². The van der Waals surface area contributed by atoms with Crippen LogP contribution in [-0.4, -0.2) is 27.3 Å². The molecule has 1 unspecified atom stereocenters. The molecular weight excluding hydrogens is 352 g/mol. The fourth-order valence-electron chi connectivity index (χ4n) is 3.34. The maximum Gasteiger partial charge on any atom is 0.497 e. The van der Waals surface area contributed by atoms with Gasteiger partial charge in [0.25, 0.3) is 0 Å². The lowest BCUT2D eigenvalue weighted by Crippen LogP contribution is -2.41. The van der Waals surface area contributed by atoms with Gasteiger partial charge in [-0.05, 0) is 71.9 Å². The van der Waals surface area contributed by atoms with Crippen LogP contribution in [0.4, 0.5) is 4.39 Å². The van der Waals surface area contributed by atoms with E-state index >= 15 is 4.39 Å². The van der Waals surface area contributed by atoms with Crippen LogP contribution in [0.25, 0.3) is 0 Å². The molecule has 0 aliphatic carbocycles. The van der Waals surface area contributed by atoms with Crippen molar-refractivity contribution in [2.24, 2.45) is 5.14 Å². The molecule has 0 bridgehead atoms. The number of nitrogens with two attached hydrogens (primary N) is 1. The highest BCUT2D eigenvalue weighted by Crippen LogP contribution is 2.37. The van der Waals surface area contributed by atoms with Gasteiger partial charge >= 0.3 is 7.12 Å². The third kappa shape index (κ3) is 3.91. The van der Waals surface area contributed by atoms with Crippen LogP contribution in [0.3, 0.4) is 0 Å². The summed E-state index contributed by atoms with van der Waals surface area (Å²) >= 11 is 0. The summed E-state index contributed by atoms with van der Waals surface area (Å²) in [5.41, 5.74) is 0.849. The van der Waals surface area contributed by atoms with Crippen molar-refractivity contribution >= 4 is 23.6 Å². The quantitative estimate of drug-likeness (QED) is 0.794. The molecule has 1 heterocycles. The summed E-state index contributed by atoms with van der Waals surface area (Å²) in [4.78, 5) is 0. The van der Waals surface area contributed by atoms with Crippen molar-refractivity contribution in [3.63, 3.8) is 0 Å². The van der Waals surface area contributed by atoms with Gasteiger partial charge in [0.2, 0.25) is 0 Å². The van der Waals surface area contributed by atoms with Crippen LogP contribution in [-0.2, 0) is 20.3 Å². The number of rotatable bonds is 5. The molecule has 7 heteroatoms. The van der Waals surface area contributed by atoms with Crippen LogP contribution in [0.15, 0.2) is 12.1 Å². The maximum absolute atomic E-state index is 15.1. The van der Waals surface area contributed by atoms with E-state index in [2.05, 4.69) is 0 Å². The van der Waals surface area contributed by atoms with E-state index in [4.69, 9.17) is 14.4 Å². The molecule has 2 N–H and O–H groups in total. The van der Waals surface area contributed by atoms with Crippen molar-refractivity contribution in [1.82, 2.24) is 0 Å². The highest BCUT2D eigenvalue weighted by atomic mass is 32.2. The minimum atomic E-state index is -1.44. The topological polar surface area (TPSA) is 61.6 Å². The van der Waals surface area contributed by atoms with E-state index in [0.717, 1.165) is 5.56 Å². The minimum absolute atomic E-state index is 0.0272. The Morgan fingerprint density at radius 2 is 1.73 bits per heavy atom. The standard InChI is InChI=1S/C19H31BFNO3S/c1-12(11-17(3,4)26(22)23)14-9-10-15(16(21)13(14)2)20-24-18(5,6)19(7,8)25-20/h9-10,12H,11,22H2,1-8H3/t12-,26?/m1/s1. The molecule has 0 saturated carbocycles. The smallest absolute Gasteiger partial charge is 0.399 e. The Bertz CT molecular complexity index is 705. The largest absolute Gasteiger partial charge is 0.497 e. The Balaban J connectivity index is 2.31. The van der Waals surface area contributed by atoms with Gasteiger partial charge in [-0.25, -0.2) is 8.60 Å². The van der Waals surface area contributed by atoms with Crippen LogP contribution in [0.5, 0.6) is 0 Å². The number of hydrogen-bond donors (Lipinski definition) is 1. The normalized spacial score (nSPS) is 21.7.